The average Bonchev–Trinajstić information content (AvgIpc) is 3.51. The third kappa shape index (κ3) is 6.58. The van der Waals surface area contributed by atoms with Crippen molar-refractivity contribution in [2.75, 3.05) is 16.8 Å². The van der Waals surface area contributed by atoms with Gasteiger partial charge in [0.25, 0.3) is 11.8 Å². The third-order valence-corrected chi connectivity index (χ3v) is 7.56. The van der Waals surface area contributed by atoms with E-state index >= 15 is 0 Å². The molecule has 4 rings (SSSR count). The van der Waals surface area contributed by atoms with Gasteiger partial charge in [-0.2, -0.15) is 11.8 Å². The second-order valence-corrected chi connectivity index (χ2v) is 10.9. The van der Waals surface area contributed by atoms with Gasteiger partial charge in [-0.3, -0.25) is 9.59 Å². The Morgan fingerprint density at radius 3 is 2.78 bits per heavy atom. The van der Waals surface area contributed by atoms with Crippen LogP contribution in [0, 0.1) is 6.92 Å². The molecule has 2 N–H and O–H groups in total. The smallest absolute Gasteiger partial charge is 0.274 e. The number of carbonyl (C=O) groups excluding carboxylic acids is 2. The number of thioether (sulfide) groups is 1. The van der Waals surface area contributed by atoms with E-state index in [1.807, 2.05) is 18.7 Å². The lowest BCUT2D eigenvalue weighted by Crippen LogP contribution is -2.33. The Morgan fingerprint density at radius 1 is 1.27 bits per heavy atom. The molecule has 196 valence electrons. The van der Waals surface area contributed by atoms with Crippen molar-refractivity contribution in [2.45, 2.75) is 52.2 Å². The monoisotopic (exact) mass is 561 g/mol. The second kappa shape index (κ2) is 12.2. The number of hydrogen-bond donors (Lipinski definition) is 2. The van der Waals surface area contributed by atoms with Crippen molar-refractivity contribution in [2.24, 2.45) is 0 Å². The van der Waals surface area contributed by atoms with Crippen LogP contribution in [0.4, 0.5) is 5.69 Å². The van der Waals surface area contributed by atoms with Gasteiger partial charge in [0, 0.05) is 29.1 Å². The fraction of sp³-hybridized carbons (Fsp3) is 0.385. The molecule has 1 saturated heterocycles. The van der Waals surface area contributed by atoms with Gasteiger partial charge in [0.15, 0.2) is 5.82 Å². The van der Waals surface area contributed by atoms with Crippen LogP contribution in [-0.4, -0.2) is 50.2 Å². The first-order chi connectivity index (χ1) is 17.8. The lowest BCUT2D eigenvalue weighted by Gasteiger charge is -2.18. The first-order valence-electron chi connectivity index (χ1n) is 12.1. The number of benzene rings is 1. The van der Waals surface area contributed by atoms with Crippen LogP contribution in [0.25, 0.3) is 5.82 Å². The number of hydrogen-bond acceptors (Lipinski definition) is 6. The summed E-state index contributed by atoms with van der Waals surface area (Å²) in [7, 11) is 0. The Balaban J connectivity index is 1.69. The van der Waals surface area contributed by atoms with Gasteiger partial charge in [0.2, 0.25) is 5.88 Å². The van der Waals surface area contributed by atoms with Crippen LogP contribution in [-0.2, 0) is 0 Å². The van der Waals surface area contributed by atoms with Crippen molar-refractivity contribution in [3.05, 3.63) is 63.4 Å². The fourth-order valence-corrected chi connectivity index (χ4v) is 5.69. The Labute approximate surface area is 230 Å². The highest BCUT2D eigenvalue weighted by Gasteiger charge is 2.25. The molecule has 3 heterocycles. The number of halogens is 2. The highest BCUT2D eigenvalue weighted by Crippen LogP contribution is 2.29. The Morgan fingerprint density at radius 2 is 2.08 bits per heavy atom. The molecule has 2 unspecified atom stereocenters. The quantitative estimate of drug-likeness (QED) is 0.335. The van der Waals surface area contributed by atoms with Crippen molar-refractivity contribution in [1.29, 1.82) is 0 Å². The van der Waals surface area contributed by atoms with Gasteiger partial charge in [-0.15, -0.1) is 5.10 Å². The minimum absolute atomic E-state index is 0.0161. The summed E-state index contributed by atoms with van der Waals surface area (Å²) in [5.74, 6) is 1.67. The summed E-state index contributed by atoms with van der Waals surface area (Å²) in [4.78, 5) is 31.1. The highest BCUT2D eigenvalue weighted by atomic mass is 35.5. The first-order valence-corrected chi connectivity index (χ1v) is 14.1. The maximum absolute atomic E-state index is 13.6. The van der Waals surface area contributed by atoms with E-state index in [9.17, 15) is 9.59 Å². The predicted octanol–water partition coefficient (Wildman–Crippen LogP) is 5.94. The molecule has 0 radical (unpaired) electrons. The van der Waals surface area contributed by atoms with Crippen molar-refractivity contribution in [1.82, 2.24) is 20.1 Å². The standard InChI is InChI=1S/C26H29Cl2N5O3S/c1-4-6-16(3)30-25(34)19-12-17(27)11-15(2)23(19)31-26(35)21-13-22(36-18-8-10-37-14-18)32-33(21)24-20(28)7-5-9-29-24/h5,7,9,11-13,16,18H,4,6,8,10,14H2,1-3H3,(H,30,34)(H,31,35). The second-order valence-electron chi connectivity index (χ2n) is 8.95. The SMILES string of the molecule is CCCC(C)NC(=O)c1cc(Cl)cc(C)c1NC(=O)c1cc(OC2CCSC2)nn1-c1ncccc1Cl. The van der Waals surface area contributed by atoms with Crippen molar-refractivity contribution in [3.63, 3.8) is 0 Å². The molecule has 0 bridgehead atoms. The molecule has 2 aromatic heterocycles. The fourth-order valence-electron chi connectivity index (χ4n) is 4.12. The maximum Gasteiger partial charge on any atom is 0.274 e. The van der Waals surface area contributed by atoms with Crippen LogP contribution in [0.15, 0.2) is 36.5 Å². The molecule has 1 aliphatic heterocycles. The van der Waals surface area contributed by atoms with Gasteiger partial charge in [-0.05, 0) is 62.3 Å². The lowest BCUT2D eigenvalue weighted by molar-refractivity contribution is 0.0939. The number of rotatable bonds is 9. The number of carbonyl (C=O) groups is 2. The van der Waals surface area contributed by atoms with Gasteiger partial charge >= 0.3 is 0 Å². The van der Waals surface area contributed by atoms with E-state index < -0.39 is 5.91 Å². The molecule has 1 fully saturated rings. The minimum atomic E-state index is -0.494. The van der Waals surface area contributed by atoms with Gasteiger partial charge in [0.05, 0.1) is 16.3 Å². The van der Waals surface area contributed by atoms with Crippen LogP contribution in [0.5, 0.6) is 5.88 Å². The van der Waals surface area contributed by atoms with E-state index in [0.717, 1.165) is 30.8 Å². The van der Waals surface area contributed by atoms with Gasteiger partial charge < -0.3 is 15.4 Å². The van der Waals surface area contributed by atoms with Crippen LogP contribution in [0.2, 0.25) is 10.0 Å². The molecule has 2 amide bonds. The Bertz CT molecular complexity index is 1290. The summed E-state index contributed by atoms with van der Waals surface area (Å²) in [6.45, 7) is 5.78. The molecule has 37 heavy (non-hydrogen) atoms. The largest absolute Gasteiger partial charge is 0.472 e. The maximum atomic E-state index is 13.6. The number of anilines is 1. The van der Waals surface area contributed by atoms with E-state index in [4.69, 9.17) is 27.9 Å². The van der Waals surface area contributed by atoms with E-state index in [1.165, 1.54) is 4.68 Å². The molecular weight excluding hydrogens is 533 g/mol. The van der Waals surface area contributed by atoms with Crippen LogP contribution in [0.3, 0.4) is 0 Å². The summed E-state index contributed by atoms with van der Waals surface area (Å²) in [5, 5.41) is 11.1. The molecule has 0 aliphatic carbocycles. The van der Waals surface area contributed by atoms with Gasteiger partial charge in [-0.25, -0.2) is 9.67 Å². The molecule has 0 saturated carbocycles. The molecule has 3 aromatic rings. The average molecular weight is 563 g/mol. The van der Waals surface area contributed by atoms with Crippen molar-refractivity contribution >= 4 is 52.5 Å². The number of nitrogens with one attached hydrogen (secondary N) is 2. The van der Waals surface area contributed by atoms with Crippen LogP contribution < -0.4 is 15.4 Å². The normalized spacial score (nSPS) is 15.9. The summed E-state index contributed by atoms with van der Waals surface area (Å²) < 4.78 is 7.41. The van der Waals surface area contributed by atoms with Crippen molar-refractivity contribution < 1.29 is 14.3 Å². The Kier molecular flexibility index (Phi) is 9.00. The number of aryl methyl sites for hydroxylation is 1. The molecule has 8 nitrogen and oxygen atoms in total. The van der Waals surface area contributed by atoms with E-state index in [1.54, 1.807) is 43.5 Å². The van der Waals surface area contributed by atoms with E-state index in [-0.39, 0.29) is 29.3 Å². The highest BCUT2D eigenvalue weighted by molar-refractivity contribution is 7.99. The number of amides is 2. The van der Waals surface area contributed by atoms with E-state index in [0.29, 0.717) is 33.0 Å². The number of pyridine rings is 1. The summed E-state index contributed by atoms with van der Waals surface area (Å²) >= 11 is 14.5. The summed E-state index contributed by atoms with van der Waals surface area (Å²) in [5.41, 5.74) is 1.46. The molecule has 1 aromatic carbocycles. The number of nitrogens with zero attached hydrogens (tertiary/aromatic N) is 3. The van der Waals surface area contributed by atoms with Crippen LogP contribution in [0.1, 0.15) is 59.5 Å². The first kappa shape index (κ1) is 27.3. The van der Waals surface area contributed by atoms with E-state index in [2.05, 4.69) is 27.6 Å². The summed E-state index contributed by atoms with van der Waals surface area (Å²) in [6, 6.07) is 8.16. The molecular formula is C26H29Cl2N5O3S. The van der Waals surface area contributed by atoms with Gasteiger partial charge in [0.1, 0.15) is 11.8 Å². The van der Waals surface area contributed by atoms with Gasteiger partial charge in [-0.1, -0.05) is 36.5 Å². The predicted molar refractivity (Wildman–Crippen MR) is 149 cm³/mol. The lowest BCUT2D eigenvalue weighted by atomic mass is 10.1. The Hall–Kier alpha value is -2.75. The zero-order valence-corrected chi connectivity index (χ0v) is 23.2. The topological polar surface area (TPSA) is 98.1 Å². The molecule has 1 aliphatic rings. The summed E-state index contributed by atoms with van der Waals surface area (Å²) in [6.07, 6.45) is 4.26. The molecule has 2 atom stereocenters. The third-order valence-electron chi connectivity index (χ3n) is 5.92. The zero-order chi connectivity index (χ0) is 26.5. The minimum Gasteiger partial charge on any atom is -0.472 e. The van der Waals surface area contributed by atoms with Crippen LogP contribution >= 0.6 is 35.0 Å². The number of ether oxygens (including phenoxy) is 1. The molecule has 0 spiro atoms. The van der Waals surface area contributed by atoms with Crippen molar-refractivity contribution in [3.8, 4) is 11.7 Å². The number of aromatic nitrogens is 3. The zero-order valence-electron chi connectivity index (χ0n) is 20.9. The molecule has 11 heteroatoms.